The molecule has 4 heteroatoms. The smallest absolute Gasteiger partial charge is 0.240 e. The molecule has 3 nitrogen and oxygen atoms in total. The van der Waals surface area contributed by atoms with Gasteiger partial charge in [0.2, 0.25) is 5.91 Å². The maximum atomic E-state index is 12.7. The molecule has 1 heterocycles. The molecule has 0 radical (unpaired) electrons. The fraction of sp³-hybridized carbons (Fsp3) is 0.235. The van der Waals surface area contributed by atoms with Crippen LogP contribution in [0.3, 0.4) is 0 Å². The predicted molar refractivity (Wildman–Crippen MR) is 88.4 cm³/mol. The van der Waals surface area contributed by atoms with Crippen LogP contribution in [0.2, 0.25) is 0 Å². The lowest BCUT2D eigenvalue weighted by atomic mass is 10.1. The van der Waals surface area contributed by atoms with Crippen LogP contribution in [0.4, 0.5) is 11.4 Å². The Hall–Kier alpha value is -1.94. The van der Waals surface area contributed by atoms with E-state index in [0.29, 0.717) is 6.54 Å². The summed E-state index contributed by atoms with van der Waals surface area (Å²) < 4.78 is 0. The second-order valence-electron chi connectivity index (χ2n) is 5.15. The molecule has 2 N–H and O–H groups in total. The van der Waals surface area contributed by atoms with Crippen LogP contribution < -0.4 is 10.6 Å². The average Bonchev–Trinajstić information content (AvgIpc) is 2.50. The Balaban J connectivity index is 1.99. The van der Waals surface area contributed by atoms with Crippen molar-refractivity contribution < 1.29 is 4.79 Å². The summed E-state index contributed by atoms with van der Waals surface area (Å²) in [4.78, 5) is 15.7. The molecule has 0 bridgehead atoms. The predicted octanol–water partition coefficient (Wildman–Crippen LogP) is 3.69. The van der Waals surface area contributed by atoms with Gasteiger partial charge in [0.1, 0.15) is 0 Å². The van der Waals surface area contributed by atoms with E-state index >= 15 is 0 Å². The molecule has 21 heavy (non-hydrogen) atoms. The highest BCUT2D eigenvalue weighted by atomic mass is 32.2. The van der Waals surface area contributed by atoms with Crippen LogP contribution in [0.5, 0.6) is 0 Å². The molecule has 0 saturated heterocycles. The highest BCUT2D eigenvalue weighted by Crippen LogP contribution is 2.41. The van der Waals surface area contributed by atoms with Gasteiger partial charge in [0.05, 0.1) is 17.5 Å². The summed E-state index contributed by atoms with van der Waals surface area (Å²) in [6.45, 7) is 2.65. The number of amides is 1. The van der Waals surface area contributed by atoms with Crippen molar-refractivity contribution in [3.63, 3.8) is 0 Å². The van der Waals surface area contributed by atoms with Crippen molar-refractivity contribution in [2.75, 3.05) is 10.6 Å². The zero-order valence-electron chi connectivity index (χ0n) is 12.0. The van der Waals surface area contributed by atoms with Gasteiger partial charge in [-0.1, -0.05) is 37.3 Å². The van der Waals surface area contributed by atoms with Gasteiger partial charge in [0.25, 0.3) is 0 Å². The number of benzene rings is 2. The lowest BCUT2D eigenvalue weighted by Crippen LogP contribution is -2.40. The molecule has 108 valence electrons. The van der Waals surface area contributed by atoms with Crippen LogP contribution in [0.1, 0.15) is 18.9 Å². The topological polar surface area (TPSA) is 46.3 Å². The summed E-state index contributed by atoms with van der Waals surface area (Å²) in [5, 5.41) is -0.0250. The number of carbonyl (C=O) groups excluding carboxylic acids is 1. The first-order valence-electron chi connectivity index (χ1n) is 7.10. The van der Waals surface area contributed by atoms with Crippen molar-refractivity contribution in [2.45, 2.75) is 30.0 Å². The van der Waals surface area contributed by atoms with E-state index in [1.165, 1.54) is 0 Å². The molecule has 1 aliphatic rings. The lowest BCUT2D eigenvalue weighted by Gasteiger charge is -2.33. The monoisotopic (exact) mass is 298 g/mol. The van der Waals surface area contributed by atoms with E-state index in [1.54, 1.807) is 11.8 Å². The van der Waals surface area contributed by atoms with Crippen molar-refractivity contribution in [3.8, 4) is 0 Å². The molecule has 2 aromatic rings. The first kappa shape index (κ1) is 14.0. The molecule has 3 rings (SSSR count). The summed E-state index contributed by atoms with van der Waals surface area (Å²) in [5.41, 5.74) is 8.73. The van der Waals surface area contributed by atoms with Gasteiger partial charge in [0.15, 0.2) is 0 Å². The van der Waals surface area contributed by atoms with Gasteiger partial charge in [-0.05, 0) is 30.2 Å². The molecule has 1 atom stereocenters. The molecular weight excluding hydrogens is 280 g/mol. The van der Waals surface area contributed by atoms with E-state index in [2.05, 4.69) is 0 Å². The maximum absolute atomic E-state index is 12.7. The van der Waals surface area contributed by atoms with Crippen LogP contribution in [0.25, 0.3) is 0 Å². The van der Waals surface area contributed by atoms with Crippen LogP contribution in [0, 0.1) is 0 Å². The van der Waals surface area contributed by atoms with Crippen LogP contribution >= 0.6 is 11.8 Å². The molecule has 0 spiro atoms. The standard InChI is InChI=1S/C17H18N2OS/c1-2-15-17(20)19(11-12-6-4-3-5-7-12)14-9-8-13(18)10-16(14)21-15/h3-10,15H,2,11,18H2,1H3. The normalized spacial score (nSPS) is 17.7. The van der Waals surface area contributed by atoms with Crippen molar-refractivity contribution in [2.24, 2.45) is 0 Å². The highest BCUT2D eigenvalue weighted by molar-refractivity contribution is 8.01. The summed E-state index contributed by atoms with van der Waals surface area (Å²) in [7, 11) is 0. The average molecular weight is 298 g/mol. The van der Waals surface area contributed by atoms with Crippen molar-refractivity contribution in [3.05, 3.63) is 54.1 Å². The van der Waals surface area contributed by atoms with E-state index in [-0.39, 0.29) is 11.2 Å². The first-order chi connectivity index (χ1) is 10.2. The molecule has 0 fully saturated rings. The van der Waals surface area contributed by atoms with Crippen molar-refractivity contribution in [1.82, 2.24) is 0 Å². The zero-order chi connectivity index (χ0) is 14.8. The molecule has 1 aliphatic heterocycles. The van der Waals surface area contributed by atoms with Gasteiger partial charge in [-0.25, -0.2) is 0 Å². The van der Waals surface area contributed by atoms with E-state index < -0.39 is 0 Å². The Morgan fingerprint density at radius 1 is 1.19 bits per heavy atom. The first-order valence-corrected chi connectivity index (χ1v) is 7.98. The molecule has 2 aromatic carbocycles. The quantitative estimate of drug-likeness (QED) is 0.879. The number of rotatable bonds is 3. The fourth-order valence-corrected chi connectivity index (χ4v) is 3.74. The molecular formula is C17H18N2OS. The number of thioether (sulfide) groups is 1. The molecule has 1 unspecified atom stereocenters. The number of hydrogen-bond donors (Lipinski definition) is 1. The molecule has 0 aliphatic carbocycles. The number of hydrogen-bond acceptors (Lipinski definition) is 3. The Labute approximate surface area is 129 Å². The van der Waals surface area contributed by atoms with E-state index in [4.69, 9.17) is 5.73 Å². The summed E-state index contributed by atoms with van der Waals surface area (Å²) in [6, 6.07) is 15.9. The van der Waals surface area contributed by atoms with Gasteiger partial charge >= 0.3 is 0 Å². The second-order valence-corrected chi connectivity index (χ2v) is 6.40. The third kappa shape index (κ3) is 2.76. The number of carbonyl (C=O) groups is 1. The minimum absolute atomic E-state index is 0.0250. The van der Waals surface area contributed by atoms with E-state index in [9.17, 15) is 4.79 Å². The number of nitrogens with zero attached hydrogens (tertiary/aromatic N) is 1. The Kier molecular flexibility index (Phi) is 3.88. The number of nitrogen functional groups attached to an aromatic ring is 1. The SMILES string of the molecule is CCC1Sc2cc(N)ccc2N(Cc2ccccc2)C1=O. The van der Waals surface area contributed by atoms with Gasteiger partial charge in [0, 0.05) is 10.6 Å². The molecule has 0 aromatic heterocycles. The number of anilines is 2. The summed E-state index contributed by atoms with van der Waals surface area (Å²) in [5.74, 6) is 0.184. The Bertz CT molecular complexity index is 657. The lowest BCUT2D eigenvalue weighted by molar-refractivity contribution is -0.118. The number of fused-ring (bicyclic) bond motifs is 1. The summed E-state index contributed by atoms with van der Waals surface area (Å²) >= 11 is 1.62. The van der Waals surface area contributed by atoms with Gasteiger partial charge < -0.3 is 10.6 Å². The minimum atomic E-state index is -0.0250. The Morgan fingerprint density at radius 2 is 1.95 bits per heavy atom. The zero-order valence-corrected chi connectivity index (χ0v) is 12.8. The number of nitrogens with two attached hydrogens (primary N) is 1. The largest absolute Gasteiger partial charge is 0.399 e. The van der Waals surface area contributed by atoms with Gasteiger partial charge in [-0.2, -0.15) is 0 Å². The van der Waals surface area contributed by atoms with E-state index in [1.807, 2.05) is 60.4 Å². The third-order valence-corrected chi connectivity index (χ3v) is 5.04. The van der Waals surface area contributed by atoms with Gasteiger partial charge in [-0.3, -0.25) is 4.79 Å². The highest BCUT2D eigenvalue weighted by Gasteiger charge is 2.32. The Morgan fingerprint density at radius 3 is 2.67 bits per heavy atom. The second kappa shape index (κ2) is 5.82. The minimum Gasteiger partial charge on any atom is -0.399 e. The van der Waals surface area contributed by atoms with Gasteiger partial charge in [-0.15, -0.1) is 11.8 Å². The maximum Gasteiger partial charge on any atom is 0.240 e. The molecule has 1 amide bonds. The molecule has 0 saturated carbocycles. The van der Waals surface area contributed by atoms with Crippen molar-refractivity contribution >= 4 is 29.0 Å². The van der Waals surface area contributed by atoms with Crippen LogP contribution in [-0.2, 0) is 11.3 Å². The van der Waals surface area contributed by atoms with Crippen LogP contribution in [-0.4, -0.2) is 11.2 Å². The third-order valence-electron chi connectivity index (χ3n) is 3.64. The van der Waals surface area contributed by atoms with E-state index in [0.717, 1.165) is 28.3 Å². The van der Waals surface area contributed by atoms with Crippen molar-refractivity contribution in [1.29, 1.82) is 0 Å². The fourth-order valence-electron chi connectivity index (χ4n) is 2.53. The van der Waals surface area contributed by atoms with Crippen LogP contribution in [0.15, 0.2) is 53.4 Å². The summed E-state index contributed by atoms with van der Waals surface area (Å²) in [6.07, 6.45) is 0.822.